The highest BCUT2D eigenvalue weighted by Gasteiger charge is 2.21. The number of aromatic nitrogens is 2. The Morgan fingerprint density at radius 1 is 0.973 bits per heavy atom. The van der Waals surface area contributed by atoms with Crippen molar-refractivity contribution in [3.05, 3.63) is 99.9 Å². The lowest BCUT2D eigenvalue weighted by Gasteiger charge is -2.25. The van der Waals surface area contributed by atoms with E-state index in [1.165, 1.54) is 15.5 Å². The van der Waals surface area contributed by atoms with Crippen LogP contribution in [-0.4, -0.2) is 42.7 Å². The van der Waals surface area contributed by atoms with Gasteiger partial charge in [0.25, 0.3) is 5.91 Å². The van der Waals surface area contributed by atoms with E-state index < -0.39 is 10.0 Å². The molecule has 0 saturated carbocycles. The fourth-order valence-corrected chi connectivity index (χ4v) is 4.88. The Morgan fingerprint density at radius 2 is 1.65 bits per heavy atom. The Bertz CT molecular complexity index is 1520. The molecule has 0 spiro atoms. The fraction of sp³-hybridized carbons (Fsp3) is 0.222. The number of hydrogen-bond donors (Lipinski definition) is 0. The summed E-state index contributed by atoms with van der Waals surface area (Å²) in [5.41, 5.74) is 4.45. The van der Waals surface area contributed by atoms with Crippen LogP contribution in [0.4, 0.5) is 5.69 Å². The predicted molar refractivity (Wildman–Crippen MR) is 144 cm³/mol. The Labute approximate surface area is 221 Å². The molecule has 1 amide bonds. The van der Waals surface area contributed by atoms with Crippen LogP contribution in [0.15, 0.2) is 71.3 Å². The summed E-state index contributed by atoms with van der Waals surface area (Å²) in [7, 11) is -1.87. The zero-order valence-corrected chi connectivity index (χ0v) is 22.5. The molecule has 10 heteroatoms. The second-order valence-corrected chi connectivity index (χ2v) is 11.3. The lowest BCUT2D eigenvalue weighted by Crippen LogP contribution is -2.30. The number of carbonyl (C=O) groups is 1. The van der Waals surface area contributed by atoms with Gasteiger partial charge in [0.2, 0.25) is 21.7 Å². The SMILES string of the molecule is Cc1ccc(C)c(N(Cc2ccc(C(=O)N(C)Cc3nc(-c4ccc(Cl)cc4)no3)cc2)S(C)(=O)=O)c1. The van der Waals surface area contributed by atoms with E-state index in [2.05, 4.69) is 10.1 Å². The van der Waals surface area contributed by atoms with Crippen molar-refractivity contribution in [2.75, 3.05) is 17.6 Å². The van der Waals surface area contributed by atoms with Crippen molar-refractivity contribution in [2.24, 2.45) is 0 Å². The number of rotatable bonds is 8. The van der Waals surface area contributed by atoms with Crippen molar-refractivity contribution in [1.82, 2.24) is 15.0 Å². The molecule has 0 radical (unpaired) electrons. The number of benzene rings is 3. The highest BCUT2D eigenvalue weighted by molar-refractivity contribution is 7.92. The minimum Gasteiger partial charge on any atom is -0.337 e. The van der Waals surface area contributed by atoms with Gasteiger partial charge in [0.15, 0.2) is 0 Å². The van der Waals surface area contributed by atoms with E-state index in [1.54, 1.807) is 55.6 Å². The molecule has 0 aliphatic carbocycles. The highest BCUT2D eigenvalue weighted by atomic mass is 35.5. The van der Waals surface area contributed by atoms with Crippen LogP contribution in [0.3, 0.4) is 0 Å². The van der Waals surface area contributed by atoms with Gasteiger partial charge in [-0.15, -0.1) is 0 Å². The van der Waals surface area contributed by atoms with Crippen LogP contribution in [-0.2, 0) is 23.1 Å². The van der Waals surface area contributed by atoms with Crippen LogP contribution in [0, 0.1) is 13.8 Å². The topological polar surface area (TPSA) is 96.6 Å². The molecule has 0 aliphatic heterocycles. The first-order valence-electron chi connectivity index (χ1n) is 11.5. The molecular weight excluding hydrogens is 512 g/mol. The number of anilines is 1. The first-order chi connectivity index (χ1) is 17.5. The van der Waals surface area contributed by atoms with E-state index in [9.17, 15) is 13.2 Å². The lowest BCUT2D eigenvalue weighted by molar-refractivity contribution is 0.0769. The van der Waals surface area contributed by atoms with Crippen molar-refractivity contribution in [3.63, 3.8) is 0 Å². The van der Waals surface area contributed by atoms with Crippen LogP contribution in [0.5, 0.6) is 0 Å². The number of amides is 1. The fourth-order valence-electron chi connectivity index (χ4n) is 3.82. The first-order valence-corrected chi connectivity index (χ1v) is 13.7. The van der Waals surface area contributed by atoms with E-state index >= 15 is 0 Å². The molecule has 4 aromatic rings. The maximum absolute atomic E-state index is 13.0. The average molecular weight is 539 g/mol. The number of carbonyl (C=O) groups excluding carboxylic acids is 1. The molecule has 37 heavy (non-hydrogen) atoms. The zero-order chi connectivity index (χ0) is 26.7. The maximum Gasteiger partial charge on any atom is 0.254 e. The van der Waals surface area contributed by atoms with E-state index in [4.69, 9.17) is 16.1 Å². The van der Waals surface area contributed by atoms with E-state index in [1.807, 2.05) is 32.0 Å². The first kappa shape index (κ1) is 26.4. The Hall–Kier alpha value is -3.69. The molecule has 0 N–H and O–H groups in total. The molecule has 0 bridgehead atoms. The molecule has 0 atom stereocenters. The Morgan fingerprint density at radius 3 is 2.30 bits per heavy atom. The summed E-state index contributed by atoms with van der Waals surface area (Å²) in [4.78, 5) is 18.8. The molecular formula is C27H27ClN4O4S. The van der Waals surface area contributed by atoms with Crippen LogP contribution >= 0.6 is 11.6 Å². The molecule has 0 saturated heterocycles. The molecule has 192 valence electrons. The molecule has 8 nitrogen and oxygen atoms in total. The summed E-state index contributed by atoms with van der Waals surface area (Å²) in [5, 5.41) is 4.59. The van der Waals surface area contributed by atoms with Crippen molar-refractivity contribution in [1.29, 1.82) is 0 Å². The van der Waals surface area contributed by atoms with Gasteiger partial charge in [-0.25, -0.2) is 8.42 Å². The number of nitrogens with zero attached hydrogens (tertiary/aromatic N) is 4. The summed E-state index contributed by atoms with van der Waals surface area (Å²) >= 11 is 5.92. The second-order valence-electron chi connectivity index (χ2n) is 8.94. The normalized spacial score (nSPS) is 11.4. The van der Waals surface area contributed by atoms with E-state index in [-0.39, 0.29) is 19.0 Å². The maximum atomic E-state index is 13.0. The van der Waals surface area contributed by atoms with Gasteiger partial charge in [-0.05, 0) is 73.0 Å². The summed E-state index contributed by atoms with van der Waals surface area (Å²) < 4.78 is 31.9. The molecule has 0 aliphatic rings. The molecule has 1 aromatic heterocycles. The summed E-state index contributed by atoms with van der Waals surface area (Å²) in [6.45, 7) is 4.10. The lowest BCUT2D eigenvalue weighted by atomic mass is 10.1. The summed E-state index contributed by atoms with van der Waals surface area (Å²) in [6.07, 6.45) is 1.19. The van der Waals surface area contributed by atoms with Gasteiger partial charge in [-0.3, -0.25) is 9.10 Å². The quantitative estimate of drug-likeness (QED) is 0.304. The van der Waals surface area contributed by atoms with Crippen LogP contribution in [0.1, 0.15) is 32.9 Å². The smallest absolute Gasteiger partial charge is 0.254 e. The number of hydrogen-bond acceptors (Lipinski definition) is 6. The number of sulfonamides is 1. The van der Waals surface area contributed by atoms with Crippen molar-refractivity contribution >= 4 is 33.2 Å². The predicted octanol–water partition coefficient (Wildman–Crippen LogP) is 5.25. The van der Waals surface area contributed by atoms with Gasteiger partial charge in [0, 0.05) is 23.2 Å². The standard InChI is InChI=1S/C27H27ClN4O4S/c1-18-5-6-19(2)24(15-18)32(37(4,34)35)16-20-7-9-22(10-8-20)27(33)31(3)17-25-29-26(30-36-25)21-11-13-23(28)14-12-21/h5-15H,16-17H2,1-4H3. The minimum absolute atomic E-state index is 0.135. The third-order valence-corrected chi connectivity index (χ3v) is 7.23. The number of aryl methyl sites for hydroxylation is 2. The second kappa shape index (κ2) is 10.7. The minimum atomic E-state index is -3.52. The monoisotopic (exact) mass is 538 g/mol. The van der Waals surface area contributed by atoms with Gasteiger partial charge < -0.3 is 9.42 Å². The van der Waals surface area contributed by atoms with Gasteiger partial charge >= 0.3 is 0 Å². The largest absolute Gasteiger partial charge is 0.337 e. The third kappa shape index (κ3) is 6.36. The van der Waals surface area contributed by atoms with Gasteiger partial charge in [-0.2, -0.15) is 4.98 Å². The van der Waals surface area contributed by atoms with Crippen LogP contribution in [0.2, 0.25) is 5.02 Å². The van der Waals surface area contributed by atoms with Gasteiger partial charge in [0.05, 0.1) is 25.0 Å². The summed E-state index contributed by atoms with van der Waals surface area (Å²) in [5.74, 6) is 0.484. The van der Waals surface area contributed by atoms with E-state index in [0.29, 0.717) is 28.0 Å². The average Bonchev–Trinajstić information content (AvgIpc) is 3.32. The van der Waals surface area contributed by atoms with Gasteiger partial charge in [0.1, 0.15) is 0 Å². The Kier molecular flexibility index (Phi) is 7.65. The van der Waals surface area contributed by atoms with Crippen LogP contribution in [0.25, 0.3) is 11.4 Å². The Balaban J connectivity index is 1.45. The molecule has 0 unspecified atom stereocenters. The molecule has 1 heterocycles. The van der Waals surface area contributed by atoms with Crippen molar-refractivity contribution < 1.29 is 17.7 Å². The van der Waals surface area contributed by atoms with Crippen molar-refractivity contribution in [2.45, 2.75) is 26.9 Å². The zero-order valence-electron chi connectivity index (χ0n) is 21.0. The summed E-state index contributed by atoms with van der Waals surface area (Å²) in [6, 6.07) is 19.7. The van der Waals surface area contributed by atoms with E-state index in [0.717, 1.165) is 22.3 Å². The molecule has 4 rings (SSSR count). The van der Waals surface area contributed by atoms with Crippen molar-refractivity contribution in [3.8, 4) is 11.4 Å². The van der Waals surface area contributed by atoms with Gasteiger partial charge in [-0.1, -0.05) is 41.0 Å². The molecule has 3 aromatic carbocycles. The molecule has 0 fully saturated rings. The number of halogens is 1. The highest BCUT2D eigenvalue weighted by Crippen LogP contribution is 2.26. The van der Waals surface area contributed by atoms with Crippen LogP contribution < -0.4 is 4.31 Å². The third-order valence-electron chi connectivity index (χ3n) is 5.85.